The second kappa shape index (κ2) is 4.64. The van der Waals surface area contributed by atoms with Crippen LogP contribution in [0.1, 0.15) is 17.3 Å². The Kier molecular flexibility index (Phi) is 3.18. The van der Waals surface area contributed by atoms with Gasteiger partial charge in [-0.1, -0.05) is 6.92 Å². The molecule has 1 aromatic rings. The summed E-state index contributed by atoms with van der Waals surface area (Å²) in [5.41, 5.74) is 0.0950. The molecule has 2 N–H and O–H groups in total. The molecule has 0 radical (unpaired) electrons. The molecule has 0 spiro atoms. The van der Waals surface area contributed by atoms with Gasteiger partial charge in [0.1, 0.15) is 0 Å². The fourth-order valence-electron chi connectivity index (χ4n) is 2.18. The molecular weight excluding hydrogens is 236 g/mol. The van der Waals surface area contributed by atoms with Gasteiger partial charge in [0.2, 0.25) is 5.56 Å². The highest BCUT2D eigenvalue weighted by molar-refractivity contribution is 5.94. The molecule has 1 aliphatic heterocycles. The third-order valence-corrected chi connectivity index (χ3v) is 3.25. The Morgan fingerprint density at radius 2 is 2.11 bits per heavy atom. The maximum Gasteiger partial charge on any atom is 0.308 e. The van der Waals surface area contributed by atoms with Crippen LogP contribution >= 0.6 is 0 Å². The first-order valence-electron chi connectivity index (χ1n) is 5.70. The van der Waals surface area contributed by atoms with Crippen LogP contribution in [-0.2, 0) is 4.79 Å². The summed E-state index contributed by atoms with van der Waals surface area (Å²) in [6.07, 6.45) is 1.35. The zero-order valence-electron chi connectivity index (χ0n) is 9.92. The average Bonchev–Trinajstić information content (AvgIpc) is 2.71. The number of aromatic amines is 1. The lowest BCUT2D eigenvalue weighted by Gasteiger charge is -2.15. The van der Waals surface area contributed by atoms with E-state index in [0.29, 0.717) is 12.1 Å². The van der Waals surface area contributed by atoms with Crippen molar-refractivity contribution < 1.29 is 14.7 Å². The minimum absolute atomic E-state index is 0.0609. The van der Waals surface area contributed by atoms with Gasteiger partial charge in [-0.05, 0) is 12.0 Å². The fourth-order valence-corrected chi connectivity index (χ4v) is 2.18. The third-order valence-electron chi connectivity index (χ3n) is 3.25. The van der Waals surface area contributed by atoms with Crippen molar-refractivity contribution in [2.24, 2.45) is 11.8 Å². The van der Waals surface area contributed by atoms with Gasteiger partial charge < -0.3 is 15.0 Å². The second-order valence-electron chi connectivity index (χ2n) is 4.57. The molecule has 0 aromatic carbocycles. The number of hydrogen-bond donors (Lipinski definition) is 2. The molecule has 0 saturated carbocycles. The molecule has 1 aliphatic rings. The van der Waals surface area contributed by atoms with E-state index in [-0.39, 0.29) is 23.9 Å². The van der Waals surface area contributed by atoms with Crippen molar-refractivity contribution in [3.8, 4) is 0 Å². The summed E-state index contributed by atoms with van der Waals surface area (Å²) in [5.74, 6) is -1.70. The van der Waals surface area contributed by atoms with Crippen molar-refractivity contribution >= 4 is 11.9 Å². The Hall–Kier alpha value is -2.11. The van der Waals surface area contributed by atoms with E-state index in [1.165, 1.54) is 23.2 Å². The molecule has 6 heteroatoms. The van der Waals surface area contributed by atoms with E-state index >= 15 is 0 Å². The van der Waals surface area contributed by atoms with Crippen molar-refractivity contribution in [2.45, 2.75) is 6.92 Å². The highest BCUT2D eigenvalue weighted by Gasteiger charge is 2.37. The predicted octanol–water partition coefficient (Wildman–Crippen LogP) is 0.168. The number of hydrogen-bond acceptors (Lipinski definition) is 3. The number of aliphatic carboxylic acids is 1. The highest BCUT2D eigenvalue weighted by atomic mass is 16.4. The number of nitrogens with one attached hydrogen (secondary N) is 1. The zero-order chi connectivity index (χ0) is 13.3. The molecule has 1 fully saturated rings. The maximum absolute atomic E-state index is 12.1. The number of carbonyl (C=O) groups is 2. The molecule has 1 aromatic heterocycles. The van der Waals surface area contributed by atoms with Crippen LogP contribution in [0.15, 0.2) is 23.1 Å². The van der Waals surface area contributed by atoms with Gasteiger partial charge in [0, 0.05) is 25.4 Å². The number of carboxylic acids is 1. The average molecular weight is 250 g/mol. The van der Waals surface area contributed by atoms with Crippen molar-refractivity contribution in [2.75, 3.05) is 13.1 Å². The van der Waals surface area contributed by atoms with Gasteiger partial charge in [0.25, 0.3) is 5.91 Å². The lowest BCUT2D eigenvalue weighted by atomic mass is 9.99. The number of aromatic nitrogens is 1. The molecule has 1 saturated heterocycles. The summed E-state index contributed by atoms with van der Waals surface area (Å²) in [6, 6.07) is 2.72. The number of likely N-dealkylation sites (tertiary alicyclic amines) is 1. The minimum Gasteiger partial charge on any atom is -0.481 e. The molecule has 1 amide bonds. The Morgan fingerprint density at radius 1 is 1.39 bits per heavy atom. The van der Waals surface area contributed by atoms with E-state index in [1.54, 1.807) is 0 Å². The SMILES string of the molecule is C[C@@H]1CN(C(=O)c2ccc(=O)[nH]c2)C[C@H]1C(=O)O. The Morgan fingerprint density at radius 3 is 2.61 bits per heavy atom. The lowest BCUT2D eigenvalue weighted by Crippen LogP contribution is -2.30. The van der Waals surface area contributed by atoms with Gasteiger partial charge in [-0.3, -0.25) is 14.4 Å². The second-order valence-corrected chi connectivity index (χ2v) is 4.57. The summed E-state index contributed by atoms with van der Waals surface area (Å²) in [5, 5.41) is 9.00. The van der Waals surface area contributed by atoms with Crippen molar-refractivity contribution in [3.05, 3.63) is 34.2 Å². The van der Waals surface area contributed by atoms with Gasteiger partial charge in [-0.2, -0.15) is 0 Å². The summed E-state index contributed by atoms with van der Waals surface area (Å²) in [4.78, 5) is 37.9. The number of carboxylic acid groups (broad SMARTS) is 1. The lowest BCUT2D eigenvalue weighted by molar-refractivity contribution is -0.142. The van der Waals surface area contributed by atoms with Gasteiger partial charge in [-0.15, -0.1) is 0 Å². The number of pyridine rings is 1. The molecule has 96 valence electrons. The van der Waals surface area contributed by atoms with Crippen LogP contribution in [0.5, 0.6) is 0 Å². The normalized spacial score (nSPS) is 23.1. The molecule has 18 heavy (non-hydrogen) atoms. The molecule has 0 bridgehead atoms. The van der Waals surface area contributed by atoms with Crippen molar-refractivity contribution in [1.82, 2.24) is 9.88 Å². The van der Waals surface area contributed by atoms with Crippen LogP contribution in [0, 0.1) is 11.8 Å². The number of H-pyrrole nitrogens is 1. The Balaban J connectivity index is 2.14. The van der Waals surface area contributed by atoms with Gasteiger partial charge in [-0.25, -0.2) is 0 Å². The maximum atomic E-state index is 12.1. The van der Waals surface area contributed by atoms with Crippen molar-refractivity contribution in [1.29, 1.82) is 0 Å². The van der Waals surface area contributed by atoms with E-state index in [0.717, 1.165) is 0 Å². The number of amides is 1. The molecule has 0 unspecified atom stereocenters. The minimum atomic E-state index is -0.876. The largest absolute Gasteiger partial charge is 0.481 e. The van der Waals surface area contributed by atoms with E-state index in [2.05, 4.69) is 4.98 Å². The first-order chi connectivity index (χ1) is 8.49. The molecular formula is C12H14N2O4. The number of rotatable bonds is 2. The first kappa shape index (κ1) is 12.3. The number of carbonyl (C=O) groups excluding carboxylic acids is 1. The van der Waals surface area contributed by atoms with E-state index in [9.17, 15) is 14.4 Å². The van der Waals surface area contributed by atoms with E-state index in [4.69, 9.17) is 5.11 Å². The number of nitrogens with zero attached hydrogens (tertiary/aromatic N) is 1. The third kappa shape index (κ3) is 2.27. The van der Waals surface area contributed by atoms with Crippen LogP contribution in [0.25, 0.3) is 0 Å². The van der Waals surface area contributed by atoms with Crippen LogP contribution < -0.4 is 5.56 Å². The standard InChI is InChI=1S/C12H14N2O4/c1-7-5-14(6-9(7)12(17)18)11(16)8-2-3-10(15)13-4-8/h2-4,7,9H,5-6H2,1H3,(H,13,15)(H,17,18)/t7-,9-/m1/s1. The van der Waals surface area contributed by atoms with Crippen LogP contribution in [0.3, 0.4) is 0 Å². The van der Waals surface area contributed by atoms with Crippen molar-refractivity contribution in [3.63, 3.8) is 0 Å². The summed E-state index contributed by atoms with van der Waals surface area (Å²) < 4.78 is 0. The smallest absolute Gasteiger partial charge is 0.308 e. The Bertz CT molecular complexity index is 517. The van der Waals surface area contributed by atoms with E-state index < -0.39 is 11.9 Å². The quantitative estimate of drug-likeness (QED) is 0.782. The monoisotopic (exact) mass is 250 g/mol. The molecule has 6 nitrogen and oxygen atoms in total. The molecule has 2 rings (SSSR count). The van der Waals surface area contributed by atoms with Crippen LogP contribution in [-0.4, -0.2) is 40.0 Å². The molecule has 0 aliphatic carbocycles. The zero-order valence-corrected chi connectivity index (χ0v) is 9.92. The summed E-state index contributed by atoms with van der Waals surface area (Å²) in [7, 11) is 0. The topological polar surface area (TPSA) is 90.5 Å². The van der Waals surface area contributed by atoms with Crippen LogP contribution in [0.4, 0.5) is 0 Å². The fraction of sp³-hybridized carbons (Fsp3) is 0.417. The predicted molar refractivity (Wildman–Crippen MR) is 63.3 cm³/mol. The van der Waals surface area contributed by atoms with Crippen LogP contribution in [0.2, 0.25) is 0 Å². The Labute approximate surface area is 103 Å². The van der Waals surface area contributed by atoms with Gasteiger partial charge in [0.05, 0.1) is 11.5 Å². The molecule has 2 heterocycles. The molecule has 2 atom stereocenters. The highest BCUT2D eigenvalue weighted by Crippen LogP contribution is 2.24. The van der Waals surface area contributed by atoms with E-state index in [1.807, 2.05) is 6.92 Å². The van der Waals surface area contributed by atoms with Gasteiger partial charge in [0.15, 0.2) is 0 Å². The summed E-state index contributed by atoms with van der Waals surface area (Å²) in [6.45, 7) is 2.46. The van der Waals surface area contributed by atoms with Gasteiger partial charge >= 0.3 is 5.97 Å². The summed E-state index contributed by atoms with van der Waals surface area (Å²) >= 11 is 0. The first-order valence-corrected chi connectivity index (χ1v) is 5.70.